The van der Waals surface area contributed by atoms with Crippen LogP contribution in [0.1, 0.15) is 36.0 Å². The van der Waals surface area contributed by atoms with Crippen molar-refractivity contribution in [1.29, 1.82) is 0 Å². The molecule has 0 aromatic heterocycles. The van der Waals surface area contributed by atoms with Crippen molar-refractivity contribution in [3.63, 3.8) is 0 Å². The summed E-state index contributed by atoms with van der Waals surface area (Å²) in [5.74, 6) is 1.53. The molecule has 0 spiro atoms. The highest BCUT2D eigenvalue weighted by Gasteiger charge is 2.39. The van der Waals surface area contributed by atoms with Gasteiger partial charge in [0.05, 0.1) is 32.0 Å². The minimum atomic E-state index is -0.575. The summed E-state index contributed by atoms with van der Waals surface area (Å²) in [4.78, 5) is 15.1. The van der Waals surface area contributed by atoms with Gasteiger partial charge in [0, 0.05) is 42.5 Å². The number of carbonyl (C=O) groups is 1. The van der Waals surface area contributed by atoms with Gasteiger partial charge >= 0.3 is 6.03 Å². The Morgan fingerprint density at radius 3 is 2.04 bits per heavy atom. The van der Waals surface area contributed by atoms with Gasteiger partial charge in [0.1, 0.15) is 11.5 Å². The van der Waals surface area contributed by atoms with E-state index in [4.69, 9.17) is 18.9 Å². The van der Waals surface area contributed by atoms with E-state index in [0.29, 0.717) is 17.1 Å². The molecule has 0 aliphatic carbocycles. The molecular weight excluding hydrogens is 570 g/mol. The van der Waals surface area contributed by atoms with Crippen LogP contribution in [0.3, 0.4) is 0 Å². The number of hydrogen-bond donors (Lipinski definition) is 3. The number of aliphatic hydroxyl groups is 1. The number of benzene rings is 4. The number of rotatable bonds is 9. The molecule has 2 heterocycles. The average molecular weight is 610 g/mol. The summed E-state index contributed by atoms with van der Waals surface area (Å²) < 4.78 is 24.5. The van der Waals surface area contributed by atoms with E-state index in [1.807, 2.05) is 91.0 Å². The summed E-state index contributed by atoms with van der Waals surface area (Å²) in [6.07, 6.45) is -0.817. The van der Waals surface area contributed by atoms with Crippen LogP contribution in [0.5, 0.6) is 11.5 Å². The van der Waals surface area contributed by atoms with Crippen molar-refractivity contribution in [2.45, 2.75) is 32.0 Å². The summed E-state index contributed by atoms with van der Waals surface area (Å²) in [5, 5.41) is 15.3. The molecule has 9 nitrogen and oxygen atoms in total. The van der Waals surface area contributed by atoms with Crippen molar-refractivity contribution >= 4 is 17.4 Å². The van der Waals surface area contributed by atoms with E-state index < -0.39 is 6.29 Å². The van der Waals surface area contributed by atoms with Crippen LogP contribution in [0.2, 0.25) is 0 Å². The van der Waals surface area contributed by atoms with Gasteiger partial charge in [-0.2, -0.15) is 0 Å². The molecule has 2 saturated heterocycles. The lowest BCUT2D eigenvalue weighted by atomic mass is 9.90. The van der Waals surface area contributed by atoms with Gasteiger partial charge in [-0.05, 0) is 59.7 Å². The first kappa shape index (κ1) is 30.8. The number of aliphatic hydroxyl groups excluding tert-OH is 1. The lowest BCUT2D eigenvalue weighted by Gasteiger charge is -2.43. The van der Waals surface area contributed by atoms with Gasteiger partial charge in [0.2, 0.25) is 0 Å². The van der Waals surface area contributed by atoms with Crippen LogP contribution in [0.25, 0.3) is 0 Å². The first-order valence-electron chi connectivity index (χ1n) is 15.4. The van der Waals surface area contributed by atoms with Gasteiger partial charge < -0.3 is 34.7 Å². The lowest BCUT2D eigenvalue weighted by molar-refractivity contribution is -0.277. The molecule has 3 N–H and O–H groups in total. The fraction of sp³-hybridized carbons (Fsp3) is 0.306. The number of carbonyl (C=O) groups excluding carboxylic acids is 1. The van der Waals surface area contributed by atoms with Crippen LogP contribution in [0, 0.1) is 5.92 Å². The van der Waals surface area contributed by atoms with Crippen LogP contribution in [0.4, 0.5) is 16.2 Å². The molecule has 45 heavy (non-hydrogen) atoms. The molecule has 0 radical (unpaired) electrons. The number of hydrogen-bond acceptors (Lipinski definition) is 7. The fourth-order valence-corrected chi connectivity index (χ4v) is 5.61. The summed E-state index contributed by atoms with van der Waals surface area (Å²) in [5.41, 5.74) is 4.07. The number of nitrogens with one attached hydrogen (secondary N) is 2. The Labute approximate surface area is 263 Å². The minimum Gasteiger partial charge on any atom is -0.457 e. The van der Waals surface area contributed by atoms with E-state index in [2.05, 4.69) is 22.5 Å². The van der Waals surface area contributed by atoms with Gasteiger partial charge in [-0.15, -0.1) is 0 Å². The minimum absolute atomic E-state index is 0.00114. The predicted octanol–water partition coefficient (Wildman–Crippen LogP) is 6.74. The number of amides is 2. The second-order valence-electron chi connectivity index (χ2n) is 11.4. The Hall–Kier alpha value is -4.25. The molecule has 0 bridgehead atoms. The van der Waals surface area contributed by atoms with E-state index >= 15 is 0 Å². The molecule has 2 fully saturated rings. The molecule has 4 aromatic rings. The van der Waals surface area contributed by atoms with Gasteiger partial charge in [0.15, 0.2) is 6.29 Å². The molecule has 9 heteroatoms. The maximum atomic E-state index is 12.7. The van der Waals surface area contributed by atoms with E-state index in [9.17, 15) is 9.90 Å². The van der Waals surface area contributed by atoms with Crippen LogP contribution in [-0.4, -0.2) is 55.0 Å². The van der Waals surface area contributed by atoms with E-state index in [1.54, 1.807) is 12.1 Å². The number of anilines is 2. The van der Waals surface area contributed by atoms with Gasteiger partial charge in [-0.3, -0.25) is 4.90 Å². The van der Waals surface area contributed by atoms with E-state index in [-0.39, 0.29) is 30.8 Å². The Morgan fingerprint density at radius 2 is 1.40 bits per heavy atom. The molecule has 2 aliphatic heterocycles. The summed E-state index contributed by atoms with van der Waals surface area (Å²) in [6, 6.07) is 31.8. The normalized spacial score (nSPS) is 22.0. The van der Waals surface area contributed by atoms with Gasteiger partial charge in [-0.1, -0.05) is 61.5 Å². The highest BCUT2D eigenvalue weighted by atomic mass is 16.7. The maximum Gasteiger partial charge on any atom is 0.323 e. The smallest absolute Gasteiger partial charge is 0.323 e. The second-order valence-corrected chi connectivity index (χ2v) is 11.4. The fourth-order valence-electron chi connectivity index (χ4n) is 5.61. The number of urea groups is 1. The molecule has 4 aromatic carbocycles. The van der Waals surface area contributed by atoms with Crippen molar-refractivity contribution in [3.8, 4) is 11.5 Å². The Morgan fingerprint density at radius 1 is 0.800 bits per heavy atom. The monoisotopic (exact) mass is 609 g/mol. The Kier molecular flexibility index (Phi) is 10.0. The largest absolute Gasteiger partial charge is 0.457 e. The van der Waals surface area contributed by atoms with Crippen LogP contribution < -0.4 is 15.4 Å². The molecule has 2 amide bonds. The molecular formula is C36H39N3O6. The van der Waals surface area contributed by atoms with Crippen molar-refractivity contribution in [1.82, 2.24) is 4.90 Å². The topological polar surface area (TPSA) is 102 Å². The second kappa shape index (κ2) is 14.7. The number of morpholine rings is 1. The highest BCUT2D eigenvalue weighted by molar-refractivity contribution is 5.99. The predicted molar refractivity (Wildman–Crippen MR) is 172 cm³/mol. The van der Waals surface area contributed by atoms with Crippen LogP contribution >= 0.6 is 0 Å². The zero-order chi connectivity index (χ0) is 31.0. The zero-order valence-electron chi connectivity index (χ0n) is 25.3. The molecule has 234 valence electrons. The molecule has 2 aliphatic rings. The molecule has 6 rings (SSSR count). The lowest BCUT2D eigenvalue weighted by Crippen LogP contribution is -2.47. The highest BCUT2D eigenvalue weighted by Crippen LogP contribution is 2.42. The zero-order valence-corrected chi connectivity index (χ0v) is 25.3. The third kappa shape index (κ3) is 8.08. The maximum absolute atomic E-state index is 12.7. The number of nitrogens with zero attached hydrogens (tertiary/aromatic N) is 1. The third-order valence-electron chi connectivity index (χ3n) is 8.20. The number of para-hydroxylation sites is 1. The summed E-state index contributed by atoms with van der Waals surface area (Å²) in [7, 11) is 0. The third-order valence-corrected chi connectivity index (χ3v) is 8.20. The summed E-state index contributed by atoms with van der Waals surface area (Å²) in [6.45, 7) is 6.16. The van der Waals surface area contributed by atoms with Gasteiger partial charge in [-0.25, -0.2) is 4.79 Å². The van der Waals surface area contributed by atoms with Crippen molar-refractivity contribution < 1.29 is 28.8 Å². The molecule has 4 unspecified atom stereocenters. The van der Waals surface area contributed by atoms with Crippen LogP contribution in [0.15, 0.2) is 103 Å². The van der Waals surface area contributed by atoms with E-state index in [0.717, 1.165) is 55.3 Å². The van der Waals surface area contributed by atoms with Crippen LogP contribution in [-0.2, 0) is 20.8 Å². The number of ether oxygens (including phenoxy) is 4. The standard InChI is InChI=1S/C36H39N3O6/c1-25-33(23-39-19-21-42-22-20-39)44-35(45-34(25)27-9-7-26(24-40)8-10-27)28-11-13-29(14-12-28)37-36(41)38-30-15-17-32(18-16-30)43-31-5-3-2-4-6-31/h2-18,25,33-35,40H,19-24H2,1H3,(H2,37,38,41). The van der Waals surface area contributed by atoms with Crippen molar-refractivity contribution in [3.05, 3.63) is 120 Å². The van der Waals surface area contributed by atoms with E-state index in [1.165, 1.54) is 0 Å². The SMILES string of the molecule is CC1C(CN2CCOCC2)OC(c2ccc(NC(=O)Nc3ccc(Oc4ccccc4)cc3)cc2)OC1c1ccc(CO)cc1. The van der Waals surface area contributed by atoms with Crippen molar-refractivity contribution in [2.24, 2.45) is 5.92 Å². The Bertz CT molecular complexity index is 1510. The first-order chi connectivity index (χ1) is 22.0. The summed E-state index contributed by atoms with van der Waals surface area (Å²) >= 11 is 0. The van der Waals surface area contributed by atoms with Gasteiger partial charge in [0.25, 0.3) is 0 Å². The molecule has 4 atom stereocenters. The first-order valence-corrected chi connectivity index (χ1v) is 15.4. The average Bonchev–Trinajstić information content (AvgIpc) is 3.08. The Balaban J connectivity index is 1.09. The molecule has 0 saturated carbocycles. The quantitative estimate of drug-likeness (QED) is 0.193. The van der Waals surface area contributed by atoms with Crippen molar-refractivity contribution in [2.75, 3.05) is 43.5 Å².